The monoisotopic (exact) mass is 418 g/mol. The number of rotatable bonds is 13. The number of nitrogens with two attached hydrogens (primary N) is 1. The lowest BCUT2D eigenvalue weighted by Gasteiger charge is -2.24. The van der Waals surface area contributed by atoms with Crippen LogP contribution in [-0.2, 0) is 24.0 Å². The van der Waals surface area contributed by atoms with Crippen LogP contribution in [0.3, 0.4) is 0 Å². The molecule has 0 aliphatic heterocycles. The third kappa shape index (κ3) is 9.85. The van der Waals surface area contributed by atoms with Crippen LogP contribution in [0.1, 0.15) is 40.0 Å². The average Bonchev–Trinajstić information content (AvgIpc) is 2.65. The van der Waals surface area contributed by atoms with Crippen molar-refractivity contribution >= 4 is 29.7 Å². The molecule has 3 amide bonds. The predicted octanol–water partition coefficient (Wildman–Crippen LogP) is -2.22. The number of nitrogens with one attached hydrogen (secondary N) is 3. The number of carboxylic acids is 2. The van der Waals surface area contributed by atoms with Crippen molar-refractivity contribution in [3.05, 3.63) is 0 Å². The van der Waals surface area contributed by atoms with Crippen LogP contribution in [0.4, 0.5) is 0 Å². The molecule has 0 radical (unpaired) electrons. The van der Waals surface area contributed by atoms with Crippen LogP contribution in [-0.4, -0.2) is 75.8 Å². The molecule has 166 valence electrons. The molecule has 0 aliphatic rings. The number of aliphatic carboxylic acids is 2. The Balaban J connectivity index is 5.05. The van der Waals surface area contributed by atoms with Gasteiger partial charge in [-0.2, -0.15) is 0 Å². The second-order valence-electron chi connectivity index (χ2n) is 6.75. The zero-order chi connectivity index (χ0) is 22.7. The summed E-state index contributed by atoms with van der Waals surface area (Å²) in [6.45, 7) is 4.11. The van der Waals surface area contributed by atoms with Crippen LogP contribution in [0.15, 0.2) is 0 Å². The summed E-state index contributed by atoms with van der Waals surface area (Å²) in [6.07, 6.45) is -1.39. The van der Waals surface area contributed by atoms with E-state index in [4.69, 9.17) is 10.8 Å². The summed E-state index contributed by atoms with van der Waals surface area (Å²) in [6, 6.07) is -3.77. The van der Waals surface area contributed by atoms with E-state index in [9.17, 15) is 34.2 Å². The van der Waals surface area contributed by atoms with Gasteiger partial charge in [0, 0.05) is 6.42 Å². The molecule has 8 N–H and O–H groups in total. The van der Waals surface area contributed by atoms with Gasteiger partial charge < -0.3 is 37.0 Å². The maximum atomic E-state index is 12.4. The van der Waals surface area contributed by atoms with E-state index in [1.54, 1.807) is 13.8 Å². The maximum absolute atomic E-state index is 12.4. The Morgan fingerprint density at radius 2 is 1.59 bits per heavy atom. The van der Waals surface area contributed by atoms with Gasteiger partial charge in [0.05, 0.1) is 12.6 Å². The van der Waals surface area contributed by atoms with Crippen molar-refractivity contribution in [2.75, 3.05) is 6.54 Å². The largest absolute Gasteiger partial charge is 0.481 e. The van der Waals surface area contributed by atoms with Crippen LogP contribution in [0, 0.1) is 5.92 Å². The molecule has 5 unspecified atom stereocenters. The molecule has 0 fully saturated rings. The number of aliphatic hydroxyl groups excluding tert-OH is 1. The molecule has 0 heterocycles. The minimum absolute atomic E-state index is 0.277. The second kappa shape index (κ2) is 12.7. The molecule has 0 bridgehead atoms. The molecule has 12 nitrogen and oxygen atoms in total. The summed E-state index contributed by atoms with van der Waals surface area (Å²) in [4.78, 5) is 58.3. The summed E-state index contributed by atoms with van der Waals surface area (Å²) < 4.78 is 0. The molecule has 5 atom stereocenters. The average molecular weight is 418 g/mol. The first kappa shape index (κ1) is 26.3. The molecule has 0 aromatic rings. The topological polar surface area (TPSA) is 208 Å². The fraction of sp³-hybridized carbons (Fsp3) is 0.706. The Hall–Kier alpha value is -2.73. The van der Waals surface area contributed by atoms with Crippen LogP contribution in [0.5, 0.6) is 0 Å². The fourth-order valence-electron chi connectivity index (χ4n) is 2.22. The van der Waals surface area contributed by atoms with Gasteiger partial charge in [-0.1, -0.05) is 20.3 Å². The van der Waals surface area contributed by atoms with Gasteiger partial charge in [-0.05, 0) is 19.3 Å². The molecule has 12 heteroatoms. The number of amides is 3. The van der Waals surface area contributed by atoms with E-state index < -0.39 is 72.8 Å². The molecule has 0 saturated heterocycles. The van der Waals surface area contributed by atoms with Gasteiger partial charge in [0.15, 0.2) is 0 Å². The zero-order valence-electron chi connectivity index (χ0n) is 16.7. The number of carbonyl (C=O) groups excluding carboxylic acids is 3. The highest BCUT2D eigenvalue weighted by Crippen LogP contribution is 2.09. The van der Waals surface area contributed by atoms with E-state index in [2.05, 4.69) is 16.0 Å². The Morgan fingerprint density at radius 1 is 1.00 bits per heavy atom. The molecule has 29 heavy (non-hydrogen) atoms. The van der Waals surface area contributed by atoms with Crippen molar-refractivity contribution in [3.63, 3.8) is 0 Å². The predicted molar refractivity (Wildman–Crippen MR) is 100 cm³/mol. The van der Waals surface area contributed by atoms with Crippen molar-refractivity contribution in [1.29, 1.82) is 0 Å². The van der Waals surface area contributed by atoms with Crippen molar-refractivity contribution < 1.29 is 39.3 Å². The normalized spacial score (nSPS) is 15.9. The second-order valence-corrected chi connectivity index (χ2v) is 6.75. The van der Waals surface area contributed by atoms with Crippen LogP contribution in [0.2, 0.25) is 0 Å². The molecule has 0 rings (SSSR count). The molecule has 0 aromatic heterocycles. The van der Waals surface area contributed by atoms with Gasteiger partial charge in [0.1, 0.15) is 18.1 Å². The minimum Gasteiger partial charge on any atom is -0.481 e. The first-order valence-corrected chi connectivity index (χ1v) is 9.16. The van der Waals surface area contributed by atoms with Gasteiger partial charge in [0.25, 0.3) is 0 Å². The molecule has 0 spiro atoms. The van der Waals surface area contributed by atoms with Crippen molar-refractivity contribution in [2.24, 2.45) is 11.7 Å². The number of aliphatic hydroxyl groups is 1. The molecule has 0 aromatic carbocycles. The first-order chi connectivity index (χ1) is 13.4. The molecular formula is C17H30N4O8. The standard InChI is InChI=1S/C17H30N4O8/c1-4-8(2)14(17(28)29)21-15(26)10(5-6-12(24)25)20-11(23)7-19-16(27)13(18)9(3)22/h8-10,13-14,22H,4-7,18H2,1-3H3,(H,19,27)(H,20,23)(H,21,26)(H,24,25)(H,28,29). The Labute approximate surface area is 168 Å². The highest BCUT2D eigenvalue weighted by atomic mass is 16.4. The van der Waals surface area contributed by atoms with Gasteiger partial charge >= 0.3 is 11.9 Å². The third-order valence-electron chi connectivity index (χ3n) is 4.32. The summed E-state index contributed by atoms with van der Waals surface area (Å²) in [5.41, 5.74) is 5.42. The quantitative estimate of drug-likeness (QED) is 0.172. The van der Waals surface area contributed by atoms with Gasteiger partial charge in [0.2, 0.25) is 17.7 Å². The first-order valence-electron chi connectivity index (χ1n) is 9.16. The summed E-state index contributed by atoms with van der Waals surface area (Å²) >= 11 is 0. The summed E-state index contributed by atoms with van der Waals surface area (Å²) in [5.74, 6) is -5.30. The van der Waals surface area contributed by atoms with E-state index in [1.165, 1.54) is 6.92 Å². The van der Waals surface area contributed by atoms with Crippen LogP contribution in [0.25, 0.3) is 0 Å². The van der Waals surface area contributed by atoms with E-state index in [-0.39, 0.29) is 6.42 Å². The van der Waals surface area contributed by atoms with E-state index in [1.807, 2.05) is 0 Å². The highest BCUT2D eigenvalue weighted by Gasteiger charge is 2.30. The van der Waals surface area contributed by atoms with E-state index in [0.29, 0.717) is 6.42 Å². The lowest BCUT2D eigenvalue weighted by atomic mass is 9.98. The smallest absolute Gasteiger partial charge is 0.326 e. The van der Waals surface area contributed by atoms with E-state index in [0.717, 1.165) is 0 Å². The molecule has 0 saturated carbocycles. The fourth-order valence-corrected chi connectivity index (χ4v) is 2.22. The molecular weight excluding hydrogens is 388 g/mol. The number of carboxylic acid groups (broad SMARTS) is 2. The minimum atomic E-state index is -1.31. The Morgan fingerprint density at radius 3 is 2.03 bits per heavy atom. The van der Waals surface area contributed by atoms with Crippen LogP contribution < -0.4 is 21.7 Å². The van der Waals surface area contributed by atoms with Crippen LogP contribution >= 0.6 is 0 Å². The van der Waals surface area contributed by atoms with Crippen molar-refractivity contribution in [2.45, 2.75) is 64.3 Å². The number of carbonyl (C=O) groups is 5. The van der Waals surface area contributed by atoms with Gasteiger partial charge in [-0.25, -0.2) is 4.79 Å². The summed E-state index contributed by atoms with van der Waals surface area (Å²) in [5, 5.41) is 34.1. The number of hydrogen-bond acceptors (Lipinski definition) is 7. The Bertz CT molecular complexity index is 610. The molecule has 0 aliphatic carbocycles. The van der Waals surface area contributed by atoms with Crippen molar-refractivity contribution in [1.82, 2.24) is 16.0 Å². The lowest BCUT2D eigenvalue weighted by Crippen LogP contribution is -2.55. The lowest BCUT2D eigenvalue weighted by molar-refractivity contribution is -0.144. The zero-order valence-corrected chi connectivity index (χ0v) is 16.7. The van der Waals surface area contributed by atoms with Crippen molar-refractivity contribution in [3.8, 4) is 0 Å². The maximum Gasteiger partial charge on any atom is 0.326 e. The highest BCUT2D eigenvalue weighted by molar-refractivity contribution is 5.92. The third-order valence-corrected chi connectivity index (χ3v) is 4.32. The van der Waals surface area contributed by atoms with Gasteiger partial charge in [-0.3, -0.25) is 19.2 Å². The van der Waals surface area contributed by atoms with E-state index >= 15 is 0 Å². The van der Waals surface area contributed by atoms with Gasteiger partial charge in [-0.15, -0.1) is 0 Å². The Kier molecular flexibility index (Phi) is 11.5. The number of hydrogen-bond donors (Lipinski definition) is 7. The summed E-state index contributed by atoms with van der Waals surface area (Å²) in [7, 11) is 0. The SMILES string of the molecule is CCC(C)C(NC(=O)C(CCC(=O)O)NC(=O)CNC(=O)C(N)C(C)O)C(=O)O.